The van der Waals surface area contributed by atoms with E-state index in [0.717, 1.165) is 17.5 Å². The molecule has 130 valence electrons. The third kappa shape index (κ3) is 5.03. The predicted octanol–water partition coefficient (Wildman–Crippen LogP) is 2.35. The molecule has 1 saturated carbocycles. The average molecular weight is 358 g/mol. The number of hydrogen-bond donors (Lipinski definition) is 2. The predicted molar refractivity (Wildman–Crippen MR) is 95.8 cm³/mol. The highest BCUT2D eigenvalue weighted by molar-refractivity contribution is 6.30. The van der Waals surface area contributed by atoms with Gasteiger partial charge in [0.15, 0.2) is 0 Å². The highest BCUT2D eigenvalue weighted by Gasteiger charge is 2.47. The molecule has 2 amide bonds. The zero-order valence-corrected chi connectivity index (χ0v) is 14.5. The zero-order chi connectivity index (χ0) is 17.6. The van der Waals surface area contributed by atoms with E-state index in [1.54, 1.807) is 12.4 Å². The number of halogens is 1. The lowest BCUT2D eigenvalue weighted by Gasteiger charge is -2.06. The van der Waals surface area contributed by atoms with Gasteiger partial charge in [-0.3, -0.25) is 14.6 Å². The van der Waals surface area contributed by atoms with E-state index in [0.29, 0.717) is 24.5 Å². The third-order valence-corrected chi connectivity index (χ3v) is 4.56. The summed E-state index contributed by atoms with van der Waals surface area (Å²) in [4.78, 5) is 28.2. The van der Waals surface area contributed by atoms with Crippen LogP contribution in [0.2, 0.25) is 5.02 Å². The lowest BCUT2D eigenvalue weighted by Crippen LogP contribution is -2.31. The first-order valence-electron chi connectivity index (χ1n) is 8.32. The van der Waals surface area contributed by atoms with Crippen LogP contribution in [0.3, 0.4) is 0 Å². The Hall–Kier alpha value is -2.40. The Morgan fingerprint density at radius 3 is 2.28 bits per heavy atom. The van der Waals surface area contributed by atoms with Crippen LogP contribution in [0.15, 0.2) is 48.8 Å². The zero-order valence-electron chi connectivity index (χ0n) is 13.7. The van der Waals surface area contributed by atoms with Gasteiger partial charge in [-0.2, -0.15) is 0 Å². The Morgan fingerprint density at radius 2 is 1.60 bits per heavy atom. The largest absolute Gasteiger partial charge is 0.356 e. The molecule has 0 spiro atoms. The van der Waals surface area contributed by atoms with Crippen molar-refractivity contribution < 1.29 is 9.59 Å². The summed E-state index contributed by atoms with van der Waals surface area (Å²) in [7, 11) is 0. The second-order valence-corrected chi connectivity index (χ2v) is 6.63. The maximum atomic E-state index is 12.1. The van der Waals surface area contributed by atoms with Crippen molar-refractivity contribution in [1.82, 2.24) is 15.6 Å². The Kier molecular flexibility index (Phi) is 5.66. The molecule has 1 aliphatic rings. The van der Waals surface area contributed by atoms with Gasteiger partial charge in [-0.15, -0.1) is 0 Å². The molecule has 3 rings (SSSR count). The number of hydrogen-bond acceptors (Lipinski definition) is 3. The Balaban J connectivity index is 1.36. The fourth-order valence-corrected chi connectivity index (χ4v) is 2.83. The summed E-state index contributed by atoms with van der Waals surface area (Å²) in [5.41, 5.74) is 2.11. The molecule has 6 heteroatoms. The molecule has 0 radical (unpaired) electrons. The highest BCUT2D eigenvalue weighted by Crippen LogP contribution is 2.38. The van der Waals surface area contributed by atoms with Crippen molar-refractivity contribution >= 4 is 23.4 Å². The van der Waals surface area contributed by atoms with Crippen molar-refractivity contribution in [3.05, 3.63) is 64.9 Å². The number of carbonyl (C=O) groups excluding carboxylic acids is 2. The molecule has 0 aliphatic heterocycles. The van der Waals surface area contributed by atoms with Gasteiger partial charge in [-0.05, 0) is 48.2 Å². The minimum absolute atomic E-state index is 0.0435. The van der Waals surface area contributed by atoms with Crippen LogP contribution in [0.1, 0.15) is 17.5 Å². The Labute approximate surface area is 151 Å². The van der Waals surface area contributed by atoms with E-state index in [-0.39, 0.29) is 23.7 Å². The number of rotatable bonds is 7. The van der Waals surface area contributed by atoms with E-state index in [1.807, 2.05) is 36.4 Å². The van der Waals surface area contributed by atoms with Gasteiger partial charge in [0.2, 0.25) is 11.8 Å². The van der Waals surface area contributed by atoms with Crippen LogP contribution < -0.4 is 10.6 Å². The summed E-state index contributed by atoms with van der Waals surface area (Å²) in [6, 6.07) is 11.3. The molecule has 2 aromatic rings. The molecule has 1 aromatic carbocycles. The van der Waals surface area contributed by atoms with Crippen molar-refractivity contribution in [2.24, 2.45) is 11.8 Å². The second kappa shape index (κ2) is 8.12. The second-order valence-electron chi connectivity index (χ2n) is 6.19. The van der Waals surface area contributed by atoms with Crippen molar-refractivity contribution in [3.8, 4) is 0 Å². The van der Waals surface area contributed by atoms with Crippen molar-refractivity contribution in [2.45, 2.75) is 19.4 Å². The van der Waals surface area contributed by atoms with E-state index >= 15 is 0 Å². The van der Waals surface area contributed by atoms with Crippen LogP contribution in [0.25, 0.3) is 0 Å². The van der Waals surface area contributed by atoms with Crippen molar-refractivity contribution in [1.29, 1.82) is 0 Å². The third-order valence-electron chi connectivity index (χ3n) is 4.31. The van der Waals surface area contributed by atoms with Crippen LogP contribution >= 0.6 is 11.6 Å². The number of nitrogens with one attached hydrogen (secondary N) is 2. The molecule has 25 heavy (non-hydrogen) atoms. The fourth-order valence-electron chi connectivity index (χ4n) is 2.71. The van der Waals surface area contributed by atoms with Crippen molar-refractivity contribution in [2.75, 3.05) is 6.54 Å². The maximum Gasteiger partial charge on any atom is 0.224 e. The van der Waals surface area contributed by atoms with Crippen LogP contribution in [0.4, 0.5) is 0 Å². The first-order chi connectivity index (χ1) is 12.1. The van der Waals surface area contributed by atoms with E-state index in [4.69, 9.17) is 11.6 Å². The van der Waals surface area contributed by atoms with E-state index in [9.17, 15) is 9.59 Å². The number of aromatic nitrogens is 1. The van der Waals surface area contributed by atoms with Gasteiger partial charge in [0.25, 0.3) is 0 Å². The SMILES string of the molecule is O=C(NCCc1ccc(Cl)cc1)C1CC1C(=O)NCc1ccncc1. The first kappa shape index (κ1) is 17.4. The number of benzene rings is 1. The molecule has 1 fully saturated rings. The smallest absolute Gasteiger partial charge is 0.224 e. The van der Waals surface area contributed by atoms with Gasteiger partial charge in [-0.1, -0.05) is 23.7 Å². The van der Waals surface area contributed by atoms with Crippen LogP contribution in [0, 0.1) is 11.8 Å². The minimum atomic E-state index is -0.211. The quantitative estimate of drug-likeness (QED) is 0.799. The Morgan fingerprint density at radius 1 is 0.960 bits per heavy atom. The molecule has 2 unspecified atom stereocenters. The fraction of sp³-hybridized carbons (Fsp3) is 0.316. The normalized spacial score (nSPS) is 18.4. The summed E-state index contributed by atoms with van der Waals surface area (Å²) in [6.07, 6.45) is 4.74. The summed E-state index contributed by atoms with van der Waals surface area (Å²) in [5, 5.41) is 6.48. The summed E-state index contributed by atoms with van der Waals surface area (Å²) in [5.74, 6) is -0.521. The minimum Gasteiger partial charge on any atom is -0.356 e. The molecule has 2 atom stereocenters. The topological polar surface area (TPSA) is 71.1 Å². The molecular formula is C19H20ClN3O2. The van der Waals surface area contributed by atoms with Gasteiger partial charge in [0.05, 0.1) is 11.8 Å². The average Bonchev–Trinajstić information content (AvgIpc) is 3.43. The Bertz CT molecular complexity index is 734. The van der Waals surface area contributed by atoms with E-state index in [1.165, 1.54) is 0 Å². The highest BCUT2D eigenvalue weighted by atomic mass is 35.5. The molecule has 1 aromatic heterocycles. The lowest BCUT2D eigenvalue weighted by molar-refractivity contribution is -0.127. The molecular weight excluding hydrogens is 338 g/mol. The van der Waals surface area contributed by atoms with Gasteiger partial charge in [0.1, 0.15) is 0 Å². The number of pyridine rings is 1. The summed E-state index contributed by atoms with van der Waals surface area (Å²) in [6.45, 7) is 1.02. The van der Waals surface area contributed by atoms with Gasteiger partial charge in [0, 0.05) is 30.5 Å². The van der Waals surface area contributed by atoms with Gasteiger partial charge >= 0.3 is 0 Å². The standard InChI is InChI=1S/C19H20ClN3O2/c20-15-3-1-13(2-4-15)7-10-22-18(24)16-11-17(16)19(25)23-12-14-5-8-21-9-6-14/h1-6,8-9,16-17H,7,10-12H2,(H,22,24)(H,23,25). The lowest BCUT2D eigenvalue weighted by atomic mass is 10.1. The number of amides is 2. The molecule has 1 heterocycles. The van der Waals surface area contributed by atoms with Crippen LogP contribution in [-0.4, -0.2) is 23.3 Å². The molecule has 0 bridgehead atoms. The number of nitrogens with zero attached hydrogens (tertiary/aromatic N) is 1. The molecule has 1 aliphatic carbocycles. The van der Waals surface area contributed by atoms with Crippen LogP contribution in [-0.2, 0) is 22.6 Å². The maximum absolute atomic E-state index is 12.1. The van der Waals surface area contributed by atoms with E-state index in [2.05, 4.69) is 15.6 Å². The molecule has 0 saturated heterocycles. The van der Waals surface area contributed by atoms with E-state index < -0.39 is 0 Å². The van der Waals surface area contributed by atoms with Crippen molar-refractivity contribution in [3.63, 3.8) is 0 Å². The van der Waals surface area contributed by atoms with Gasteiger partial charge < -0.3 is 10.6 Å². The molecule has 5 nitrogen and oxygen atoms in total. The molecule has 2 N–H and O–H groups in total. The summed E-state index contributed by atoms with van der Waals surface area (Å²) < 4.78 is 0. The van der Waals surface area contributed by atoms with Crippen LogP contribution in [0.5, 0.6) is 0 Å². The monoisotopic (exact) mass is 357 g/mol. The summed E-state index contributed by atoms with van der Waals surface area (Å²) >= 11 is 5.85. The first-order valence-corrected chi connectivity index (χ1v) is 8.70. The van der Waals surface area contributed by atoms with Gasteiger partial charge in [-0.25, -0.2) is 0 Å². The number of carbonyl (C=O) groups is 2.